The summed E-state index contributed by atoms with van der Waals surface area (Å²) < 4.78 is 72.3. The molecule has 0 aliphatic rings. The van der Waals surface area contributed by atoms with Crippen LogP contribution in [0.1, 0.15) is 0 Å². The summed E-state index contributed by atoms with van der Waals surface area (Å²) in [5, 5.41) is 0. The topological polar surface area (TPSA) is 143 Å². The highest BCUT2D eigenvalue weighted by atomic mass is 32.2. The molecule has 0 bridgehead atoms. The van der Waals surface area contributed by atoms with Gasteiger partial charge in [-0.25, -0.2) is 0 Å². The van der Waals surface area contributed by atoms with E-state index in [0.717, 1.165) is 5.75 Å². The molecule has 0 fully saturated rings. The Hall–Kier alpha value is -2.33. The predicted octanol–water partition coefficient (Wildman–Crippen LogP) is 2.17. The van der Waals surface area contributed by atoms with Crippen LogP contribution in [0.3, 0.4) is 0 Å². The van der Waals surface area contributed by atoms with Gasteiger partial charge in [0, 0.05) is 5.69 Å². The summed E-state index contributed by atoms with van der Waals surface area (Å²) in [7, 11) is -3.75. The van der Waals surface area contributed by atoms with Gasteiger partial charge in [-0.1, -0.05) is 18.2 Å². The van der Waals surface area contributed by atoms with Gasteiger partial charge >= 0.3 is 0 Å². The summed E-state index contributed by atoms with van der Waals surface area (Å²) in [5.41, 5.74) is 6.33. The van der Waals surface area contributed by atoms with Crippen molar-refractivity contribution in [1.29, 1.82) is 0 Å². The van der Waals surface area contributed by atoms with Crippen molar-refractivity contribution in [3.05, 3.63) is 54.6 Å². The van der Waals surface area contributed by atoms with Crippen LogP contribution in [0.2, 0.25) is 0 Å². The van der Waals surface area contributed by atoms with E-state index in [1.54, 1.807) is 30.3 Å². The second-order valence-corrected chi connectivity index (χ2v) is 9.91. The molecule has 0 heterocycles. The average Bonchev–Trinajstić information content (AvgIpc) is 2.98. The smallest absolute Gasteiger partial charge is 0.297 e. The van der Waals surface area contributed by atoms with Crippen LogP contribution in [0.25, 0.3) is 0 Å². The van der Waals surface area contributed by atoms with E-state index in [1.165, 1.54) is 12.1 Å². The van der Waals surface area contributed by atoms with Gasteiger partial charge < -0.3 is 43.6 Å². The minimum atomic E-state index is -3.75. The molecule has 41 heavy (non-hydrogen) atoms. The summed E-state index contributed by atoms with van der Waals surface area (Å²) in [6.07, 6.45) is 0. The second kappa shape index (κ2) is 23.3. The highest BCUT2D eigenvalue weighted by molar-refractivity contribution is 7.86. The van der Waals surface area contributed by atoms with Gasteiger partial charge in [-0.15, -0.1) is 0 Å². The molecular weight excluding hydrogens is 558 g/mol. The van der Waals surface area contributed by atoms with Gasteiger partial charge in [0.1, 0.15) is 12.4 Å². The van der Waals surface area contributed by atoms with Crippen LogP contribution >= 0.6 is 0 Å². The van der Waals surface area contributed by atoms with E-state index in [0.29, 0.717) is 98.2 Å². The van der Waals surface area contributed by atoms with Crippen LogP contribution in [0, 0.1) is 0 Å². The first-order valence-corrected chi connectivity index (χ1v) is 15.0. The molecule has 0 atom stereocenters. The van der Waals surface area contributed by atoms with E-state index in [4.69, 9.17) is 47.8 Å². The van der Waals surface area contributed by atoms with E-state index >= 15 is 0 Å². The number of benzene rings is 2. The zero-order chi connectivity index (χ0) is 29.3. The van der Waals surface area contributed by atoms with Crippen LogP contribution in [0.4, 0.5) is 5.69 Å². The Labute approximate surface area is 243 Å². The number of ether oxygens (including phenoxy) is 8. The lowest BCUT2D eigenvalue weighted by Crippen LogP contribution is -2.15. The molecule has 0 spiro atoms. The number of hydrogen-bond acceptors (Lipinski definition) is 12. The third-order valence-electron chi connectivity index (χ3n) is 5.11. The van der Waals surface area contributed by atoms with Crippen LogP contribution in [-0.4, -0.2) is 114 Å². The SMILES string of the molecule is Nc1ccc(OCCOCCOCCOCCOCCOCCOCCOCCOS(=O)(=O)c2ccccc2)cc1. The van der Waals surface area contributed by atoms with Gasteiger partial charge in [-0.2, -0.15) is 8.42 Å². The molecule has 0 amide bonds. The lowest BCUT2D eigenvalue weighted by Gasteiger charge is -2.09. The van der Waals surface area contributed by atoms with Gasteiger partial charge in [0.25, 0.3) is 10.1 Å². The maximum atomic E-state index is 11.9. The summed E-state index contributed by atoms with van der Waals surface area (Å²) in [5.74, 6) is 0.763. The minimum Gasteiger partial charge on any atom is -0.491 e. The fraction of sp³-hybridized carbons (Fsp3) is 0.571. The van der Waals surface area contributed by atoms with Crippen molar-refractivity contribution < 1.29 is 50.5 Å². The number of nitrogens with two attached hydrogens (primary N) is 1. The minimum absolute atomic E-state index is 0.0568. The van der Waals surface area contributed by atoms with E-state index in [2.05, 4.69) is 0 Å². The first-order chi connectivity index (χ1) is 20.1. The number of anilines is 1. The second-order valence-electron chi connectivity index (χ2n) is 8.29. The Bertz CT molecular complexity index is 978. The Kier molecular flexibility index (Phi) is 19.8. The Morgan fingerprint density at radius 2 is 0.829 bits per heavy atom. The van der Waals surface area contributed by atoms with Gasteiger partial charge in [0.05, 0.1) is 104 Å². The Morgan fingerprint density at radius 1 is 0.463 bits per heavy atom. The monoisotopic (exact) mass is 601 g/mol. The van der Waals surface area contributed by atoms with E-state index in [-0.39, 0.29) is 18.1 Å². The first-order valence-electron chi connectivity index (χ1n) is 13.5. The van der Waals surface area contributed by atoms with Gasteiger partial charge in [0.2, 0.25) is 0 Å². The van der Waals surface area contributed by atoms with E-state index in [9.17, 15) is 8.42 Å². The highest BCUT2D eigenvalue weighted by Gasteiger charge is 2.13. The standard InChI is InChI=1S/C28H43NO11S/c29-26-6-8-27(9-7-26)39-24-22-37-20-18-35-16-14-33-12-10-32-11-13-34-15-17-36-19-21-38-23-25-40-41(30,31)28-4-2-1-3-5-28/h1-9H,10-25,29H2. The van der Waals surface area contributed by atoms with Crippen molar-refractivity contribution in [3.8, 4) is 5.75 Å². The zero-order valence-electron chi connectivity index (χ0n) is 23.5. The number of nitrogen functional groups attached to an aromatic ring is 1. The Balaban J connectivity index is 1.21. The van der Waals surface area contributed by atoms with Gasteiger partial charge in [0.15, 0.2) is 0 Å². The van der Waals surface area contributed by atoms with Gasteiger partial charge in [-0.05, 0) is 36.4 Å². The number of hydrogen-bond donors (Lipinski definition) is 1. The van der Waals surface area contributed by atoms with Crippen LogP contribution in [-0.2, 0) is 47.5 Å². The van der Waals surface area contributed by atoms with Gasteiger partial charge in [-0.3, -0.25) is 4.18 Å². The molecule has 232 valence electrons. The third kappa shape index (κ3) is 18.7. The summed E-state index contributed by atoms with van der Waals surface area (Å²) in [6.45, 7) is 6.46. The molecule has 0 saturated heterocycles. The van der Waals surface area contributed by atoms with Crippen molar-refractivity contribution in [2.75, 3.05) is 111 Å². The molecule has 2 aromatic carbocycles. The van der Waals surface area contributed by atoms with Crippen LogP contribution < -0.4 is 10.5 Å². The maximum absolute atomic E-state index is 11.9. The van der Waals surface area contributed by atoms with E-state index < -0.39 is 10.1 Å². The molecule has 0 aromatic heterocycles. The fourth-order valence-corrected chi connectivity index (χ4v) is 3.98. The largest absolute Gasteiger partial charge is 0.491 e. The molecule has 2 aromatic rings. The lowest BCUT2D eigenvalue weighted by atomic mass is 10.3. The molecular formula is C28H43NO11S. The first kappa shape index (κ1) is 34.9. The molecule has 0 aliphatic carbocycles. The molecule has 13 heteroatoms. The van der Waals surface area contributed by atoms with Crippen molar-refractivity contribution in [2.45, 2.75) is 4.90 Å². The summed E-state index contributed by atoms with van der Waals surface area (Å²) in [4.78, 5) is 0.121. The van der Waals surface area contributed by atoms with Crippen molar-refractivity contribution in [1.82, 2.24) is 0 Å². The number of rotatable bonds is 27. The van der Waals surface area contributed by atoms with Crippen molar-refractivity contribution in [2.24, 2.45) is 0 Å². The van der Waals surface area contributed by atoms with Crippen molar-refractivity contribution in [3.63, 3.8) is 0 Å². The van der Waals surface area contributed by atoms with Crippen LogP contribution in [0.15, 0.2) is 59.5 Å². The molecule has 2 N–H and O–H groups in total. The Morgan fingerprint density at radius 3 is 1.24 bits per heavy atom. The van der Waals surface area contributed by atoms with Crippen molar-refractivity contribution >= 4 is 15.8 Å². The maximum Gasteiger partial charge on any atom is 0.297 e. The molecule has 2 rings (SSSR count). The summed E-state index contributed by atoms with van der Waals surface area (Å²) in [6, 6.07) is 15.2. The summed E-state index contributed by atoms with van der Waals surface area (Å²) >= 11 is 0. The van der Waals surface area contributed by atoms with E-state index in [1.807, 2.05) is 12.1 Å². The fourth-order valence-electron chi connectivity index (χ4n) is 3.06. The third-order valence-corrected chi connectivity index (χ3v) is 6.43. The zero-order valence-corrected chi connectivity index (χ0v) is 24.3. The molecule has 0 aliphatic heterocycles. The molecule has 0 saturated carbocycles. The average molecular weight is 602 g/mol. The highest BCUT2D eigenvalue weighted by Crippen LogP contribution is 2.13. The molecule has 0 radical (unpaired) electrons. The molecule has 12 nitrogen and oxygen atoms in total. The normalized spacial score (nSPS) is 11.6. The van der Waals surface area contributed by atoms with Crippen LogP contribution in [0.5, 0.6) is 5.75 Å². The molecule has 0 unspecified atom stereocenters. The predicted molar refractivity (Wildman–Crippen MR) is 152 cm³/mol. The quantitative estimate of drug-likeness (QED) is 0.0911. The lowest BCUT2D eigenvalue weighted by molar-refractivity contribution is -0.0218.